The summed E-state index contributed by atoms with van der Waals surface area (Å²) in [6.45, 7) is 8.80. The van der Waals surface area contributed by atoms with Gasteiger partial charge in [-0.3, -0.25) is 19.2 Å². The van der Waals surface area contributed by atoms with Crippen LogP contribution >= 0.6 is 11.6 Å². The molecule has 3 amide bonds. The zero-order chi connectivity index (χ0) is 33.0. The minimum Gasteiger partial charge on any atom is -0.463 e. The molecule has 7 atom stereocenters. The zero-order valence-electron chi connectivity index (χ0n) is 25.8. The highest BCUT2D eigenvalue weighted by molar-refractivity contribution is 6.30. The first-order chi connectivity index (χ1) is 22.2. The van der Waals surface area contributed by atoms with Crippen LogP contribution in [0.2, 0.25) is 5.02 Å². The molecule has 0 unspecified atom stereocenters. The molecule has 2 bridgehead atoms. The SMILES string of the molecule is C=CCCC(=O)OC[C@@H](NC(=O)[C@@H]1[C@@H]2CC[C@]3(O2)[C@H](C(=O)N(CC=C)c2ccc(Cl)cc2)N([C@H](C)CO)C(=O)[C@@H]13)c1ccccc1. The molecule has 1 spiro atoms. The number of fused-ring (bicyclic) bond motifs is 1. The molecule has 0 saturated carbocycles. The summed E-state index contributed by atoms with van der Waals surface area (Å²) in [7, 11) is 0. The summed E-state index contributed by atoms with van der Waals surface area (Å²) >= 11 is 6.11. The van der Waals surface area contributed by atoms with Crippen LogP contribution in [0, 0.1) is 11.8 Å². The Morgan fingerprint density at radius 3 is 2.54 bits per heavy atom. The fourth-order valence-electron chi connectivity index (χ4n) is 7.10. The lowest BCUT2D eigenvalue weighted by Gasteiger charge is -2.38. The van der Waals surface area contributed by atoms with Crippen LogP contribution in [0.3, 0.4) is 0 Å². The quantitative estimate of drug-likeness (QED) is 0.234. The molecule has 2 aromatic rings. The van der Waals surface area contributed by atoms with Crippen LogP contribution in [0.5, 0.6) is 0 Å². The maximum absolute atomic E-state index is 14.5. The molecule has 3 fully saturated rings. The summed E-state index contributed by atoms with van der Waals surface area (Å²) in [6, 6.07) is 13.5. The molecule has 10 nitrogen and oxygen atoms in total. The van der Waals surface area contributed by atoms with Crippen LogP contribution < -0.4 is 10.2 Å². The lowest BCUT2D eigenvalue weighted by Crippen LogP contribution is -2.58. The maximum atomic E-state index is 14.5. The molecule has 5 rings (SSSR count). The van der Waals surface area contributed by atoms with Gasteiger partial charge in [-0.15, -0.1) is 13.2 Å². The molecule has 3 heterocycles. The van der Waals surface area contributed by atoms with Crippen LogP contribution in [0.1, 0.15) is 44.2 Å². The fraction of sp³-hybridized carbons (Fsp3) is 0.429. The smallest absolute Gasteiger partial charge is 0.306 e. The number of rotatable bonds is 14. The number of allylic oxidation sites excluding steroid dienone is 1. The van der Waals surface area contributed by atoms with Crippen molar-refractivity contribution in [2.24, 2.45) is 11.8 Å². The molecular formula is C35H40ClN3O7. The van der Waals surface area contributed by atoms with Gasteiger partial charge in [-0.1, -0.05) is 54.1 Å². The summed E-state index contributed by atoms with van der Waals surface area (Å²) in [5, 5.41) is 13.7. The summed E-state index contributed by atoms with van der Waals surface area (Å²) in [6.07, 6.45) is 4.15. The maximum Gasteiger partial charge on any atom is 0.306 e. The van der Waals surface area contributed by atoms with E-state index in [0.29, 0.717) is 30.0 Å². The van der Waals surface area contributed by atoms with Gasteiger partial charge < -0.3 is 29.7 Å². The topological polar surface area (TPSA) is 125 Å². The van der Waals surface area contributed by atoms with Gasteiger partial charge in [-0.25, -0.2) is 0 Å². The zero-order valence-corrected chi connectivity index (χ0v) is 26.6. The van der Waals surface area contributed by atoms with E-state index in [1.807, 2.05) is 30.3 Å². The summed E-state index contributed by atoms with van der Waals surface area (Å²) in [5.41, 5.74) is 0.0269. The fourth-order valence-corrected chi connectivity index (χ4v) is 7.22. The van der Waals surface area contributed by atoms with Gasteiger partial charge in [0.15, 0.2) is 0 Å². The Morgan fingerprint density at radius 1 is 1.17 bits per heavy atom. The predicted octanol–water partition coefficient (Wildman–Crippen LogP) is 3.98. The molecule has 3 saturated heterocycles. The third kappa shape index (κ3) is 6.21. The number of esters is 1. The number of carbonyl (C=O) groups excluding carboxylic acids is 4. The van der Waals surface area contributed by atoms with Gasteiger partial charge in [-0.2, -0.15) is 0 Å². The third-order valence-corrected chi connectivity index (χ3v) is 9.46. The standard InChI is InChI=1S/C35H40ClN3O7/c1-4-6-12-28(41)45-21-26(23-10-8-7-9-11-23)37-32(42)29-27-17-18-35(46-27)30(29)33(43)39(22(3)20-40)31(35)34(44)38(19-5-2)25-15-13-24(36)14-16-25/h4-5,7-11,13-16,22,26-27,29-31,40H,1-2,6,12,17-21H2,3H3,(H,37,42)/t22-,26-,27+,29-,30-,31+,35-/m1/s1. The van der Waals surface area contributed by atoms with Crippen molar-refractivity contribution in [2.45, 2.75) is 62.4 Å². The number of carbonyl (C=O) groups is 4. The van der Waals surface area contributed by atoms with Crippen molar-refractivity contribution >= 4 is 41.0 Å². The Balaban J connectivity index is 1.46. The minimum atomic E-state index is -1.27. The van der Waals surface area contributed by atoms with E-state index in [-0.39, 0.29) is 26.2 Å². The number of nitrogens with zero attached hydrogens (tertiary/aromatic N) is 2. The van der Waals surface area contributed by atoms with Gasteiger partial charge in [0.2, 0.25) is 11.8 Å². The molecule has 2 N–H and O–H groups in total. The van der Waals surface area contributed by atoms with Gasteiger partial charge in [0.25, 0.3) is 5.91 Å². The van der Waals surface area contributed by atoms with E-state index in [9.17, 15) is 24.3 Å². The van der Waals surface area contributed by atoms with Gasteiger partial charge in [0.1, 0.15) is 18.2 Å². The highest BCUT2D eigenvalue weighted by Crippen LogP contribution is 2.59. The van der Waals surface area contributed by atoms with Crippen LogP contribution in [0.15, 0.2) is 79.9 Å². The molecule has 3 aliphatic rings. The Hall–Kier alpha value is -3.99. The Kier molecular flexibility index (Phi) is 10.3. The van der Waals surface area contributed by atoms with Gasteiger partial charge in [0.05, 0.1) is 36.6 Å². The lowest BCUT2D eigenvalue weighted by molar-refractivity contribution is -0.146. The lowest BCUT2D eigenvalue weighted by atomic mass is 9.70. The van der Waals surface area contributed by atoms with E-state index in [0.717, 1.165) is 5.56 Å². The highest BCUT2D eigenvalue weighted by atomic mass is 35.5. The highest BCUT2D eigenvalue weighted by Gasteiger charge is 2.75. The van der Waals surface area contributed by atoms with Crippen molar-refractivity contribution in [3.05, 3.63) is 90.5 Å². The van der Waals surface area contributed by atoms with Crippen molar-refractivity contribution in [3.63, 3.8) is 0 Å². The molecular weight excluding hydrogens is 610 g/mol. The average molecular weight is 650 g/mol. The third-order valence-electron chi connectivity index (χ3n) is 9.21. The van der Waals surface area contributed by atoms with Crippen molar-refractivity contribution in [3.8, 4) is 0 Å². The van der Waals surface area contributed by atoms with Crippen LogP contribution in [0.4, 0.5) is 5.69 Å². The number of aliphatic hydroxyl groups is 1. The Bertz CT molecular complexity index is 1470. The summed E-state index contributed by atoms with van der Waals surface area (Å²) in [4.78, 5) is 58.2. The number of hydrogen-bond donors (Lipinski definition) is 2. The van der Waals surface area contributed by atoms with Gasteiger partial charge >= 0.3 is 5.97 Å². The van der Waals surface area contributed by atoms with E-state index >= 15 is 0 Å². The molecule has 2 aromatic carbocycles. The second-order valence-corrected chi connectivity index (χ2v) is 12.5. The van der Waals surface area contributed by atoms with Crippen LogP contribution in [-0.4, -0.2) is 77.2 Å². The number of anilines is 1. The van der Waals surface area contributed by atoms with E-state index in [1.165, 1.54) is 9.80 Å². The first-order valence-corrected chi connectivity index (χ1v) is 15.9. The number of ether oxygens (including phenoxy) is 2. The van der Waals surface area contributed by atoms with Gasteiger partial charge in [-0.05, 0) is 56.0 Å². The second-order valence-electron chi connectivity index (χ2n) is 12.0. The molecule has 0 aromatic heterocycles. The van der Waals surface area contributed by atoms with Crippen molar-refractivity contribution in [1.29, 1.82) is 0 Å². The van der Waals surface area contributed by atoms with E-state index in [2.05, 4.69) is 18.5 Å². The van der Waals surface area contributed by atoms with Crippen molar-refractivity contribution < 1.29 is 33.8 Å². The molecule has 11 heteroatoms. The monoisotopic (exact) mass is 649 g/mol. The summed E-state index contributed by atoms with van der Waals surface area (Å²) < 4.78 is 12.1. The summed E-state index contributed by atoms with van der Waals surface area (Å²) in [5.74, 6) is -3.48. The molecule has 46 heavy (non-hydrogen) atoms. The van der Waals surface area contributed by atoms with Crippen LogP contribution in [-0.2, 0) is 28.7 Å². The van der Waals surface area contributed by atoms with Gasteiger partial charge in [0, 0.05) is 23.7 Å². The molecule has 244 valence electrons. The van der Waals surface area contributed by atoms with Crippen molar-refractivity contribution in [2.75, 3.05) is 24.7 Å². The number of aliphatic hydroxyl groups excluding tert-OH is 1. The minimum absolute atomic E-state index is 0.0971. The number of halogens is 1. The first-order valence-electron chi connectivity index (χ1n) is 15.6. The molecule has 0 aliphatic carbocycles. The number of nitrogens with one attached hydrogen (secondary N) is 1. The first kappa shape index (κ1) is 33.4. The average Bonchev–Trinajstić information content (AvgIpc) is 3.72. The Labute approximate surface area is 274 Å². The molecule has 0 radical (unpaired) electrons. The normalized spacial score (nSPS) is 25.8. The molecule has 3 aliphatic heterocycles. The van der Waals surface area contributed by atoms with E-state index in [4.69, 9.17) is 21.1 Å². The number of hydrogen-bond acceptors (Lipinski definition) is 7. The number of benzene rings is 2. The second kappa shape index (κ2) is 14.2. The number of amides is 3. The van der Waals surface area contributed by atoms with Crippen molar-refractivity contribution in [1.82, 2.24) is 10.2 Å². The van der Waals surface area contributed by atoms with E-state index < -0.39 is 65.4 Å². The van der Waals surface area contributed by atoms with Crippen LogP contribution in [0.25, 0.3) is 0 Å². The number of likely N-dealkylation sites (tertiary alicyclic amines) is 1. The predicted molar refractivity (Wildman–Crippen MR) is 173 cm³/mol. The Morgan fingerprint density at radius 2 is 1.89 bits per heavy atom. The van der Waals surface area contributed by atoms with E-state index in [1.54, 1.807) is 43.3 Å². The largest absolute Gasteiger partial charge is 0.463 e.